The third-order valence-electron chi connectivity index (χ3n) is 3.66. The fraction of sp³-hybridized carbons (Fsp3) is 0.692. The lowest BCUT2D eigenvalue weighted by Gasteiger charge is -2.24. The highest BCUT2D eigenvalue weighted by Gasteiger charge is 2.39. The zero-order valence-corrected chi connectivity index (χ0v) is 12.2. The molecule has 1 unspecified atom stereocenters. The number of nitrogens with zero attached hydrogens (tertiary/aromatic N) is 3. The summed E-state index contributed by atoms with van der Waals surface area (Å²) in [6.45, 7) is 2.06. The zero-order valence-electron chi connectivity index (χ0n) is 12.2. The fourth-order valence-electron chi connectivity index (χ4n) is 2.60. The number of urea groups is 1. The SMILES string of the molecule is CCOC(=O)C1CCCN1C(=O)CN1C(=O)CN(C)C1=O. The number of hydrogen-bond acceptors (Lipinski definition) is 5. The molecular formula is C13H19N3O5. The predicted molar refractivity (Wildman–Crippen MR) is 71.1 cm³/mol. The minimum absolute atomic E-state index is 0.0204. The summed E-state index contributed by atoms with van der Waals surface area (Å²) in [4.78, 5) is 51.1. The molecular weight excluding hydrogens is 278 g/mol. The molecule has 2 fully saturated rings. The van der Waals surface area contributed by atoms with Crippen LogP contribution in [0.1, 0.15) is 19.8 Å². The first-order valence-corrected chi connectivity index (χ1v) is 6.97. The molecule has 0 aromatic carbocycles. The maximum atomic E-state index is 12.3. The lowest BCUT2D eigenvalue weighted by molar-refractivity contribution is -0.153. The smallest absolute Gasteiger partial charge is 0.328 e. The Morgan fingerprint density at radius 2 is 2.05 bits per heavy atom. The normalized spacial score (nSPS) is 22.2. The summed E-state index contributed by atoms with van der Waals surface area (Å²) in [5.41, 5.74) is 0. The van der Waals surface area contributed by atoms with Crippen molar-refractivity contribution in [3.8, 4) is 0 Å². The molecule has 116 valence electrons. The van der Waals surface area contributed by atoms with Gasteiger partial charge in [0, 0.05) is 13.6 Å². The Balaban J connectivity index is 2.01. The van der Waals surface area contributed by atoms with Gasteiger partial charge in [0.15, 0.2) is 0 Å². The molecule has 4 amide bonds. The van der Waals surface area contributed by atoms with Crippen LogP contribution in [-0.2, 0) is 19.1 Å². The zero-order chi connectivity index (χ0) is 15.6. The van der Waals surface area contributed by atoms with E-state index in [0.717, 1.165) is 4.90 Å². The monoisotopic (exact) mass is 297 g/mol. The molecule has 0 radical (unpaired) electrons. The lowest BCUT2D eigenvalue weighted by Crippen LogP contribution is -2.47. The van der Waals surface area contributed by atoms with E-state index >= 15 is 0 Å². The number of likely N-dealkylation sites (tertiary alicyclic amines) is 1. The second-order valence-corrected chi connectivity index (χ2v) is 5.12. The Bertz CT molecular complexity index is 478. The van der Waals surface area contributed by atoms with Crippen LogP contribution in [0.4, 0.5) is 4.79 Å². The molecule has 2 aliphatic heterocycles. The number of likely N-dealkylation sites (N-methyl/N-ethyl adjacent to an activating group) is 1. The van der Waals surface area contributed by atoms with Crippen LogP contribution in [0.2, 0.25) is 0 Å². The largest absolute Gasteiger partial charge is 0.464 e. The van der Waals surface area contributed by atoms with Crippen LogP contribution in [-0.4, -0.2) is 77.8 Å². The van der Waals surface area contributed by atoms with Crippen LogP contribution >= 0.6 is 0 Å². The highest BCUT2D eigenvalue weighted by atomic mass is 16.5. The topological polar surface area (TPSA) is 87.2 Å². The average molecular weight is 297 g/mol. The van der Waals surface area contributed by atoms with Crippen LogP contribution < -0.4 is 0 Å². The summed E-state index contributed by atoms with van der Waals surface area (Å²) in [6, 6.07) is -1.09. The molecule has 2 rings (SSSR count). The molecule has 0 N–H and O–H groups in total. The van der Waals surface area contributed by atoms with Crippen molar-refractivity contribution in [2.75, 3.05) is 33.3 Å². The van der Waals surface area contributed by atoms with E-state index in [0.29, 0.717) is 19.4 Å². The molecule has 0 bridgehead atoms. The Morgan fingerprint density at radius 3 is 2.62 bits per heavy atom. The first-order valence-electron chi connectivity index (χ1n) is 6.97. The van der Waals surface area contributed by atoms with E-state index in [2.05, 4.69) is 0 Å². The van der Waals surface area contributed by atoms with Gasteiger partial charge < -0.3 is 14.5 Å². The summed E-state index contributed by atoms with van der Waals surface area (Å²) in [6.07, 6.45) is 1.25. The van der Waals surface area contributed by atoms with Gasteiger partial charge in [0.1, 0.15) is 19.1 Å². The van der Waals surface area contributed by atoms with Crippen molar-refractivity contribution in [3.05, 3.63) is 0 Å². The third kappa shape index (κ3) is 2.98. The molecule has 8 nitrogen and oxygen atoms in total. The van der Waals surface area contributed by atoms with Gasteiger partial charge >= 0.3 is 12.0 Å². The van der Waals surface area contributed by atoms with Crippen LogP contribution in [0.15, 0.2) is 0 Å². The number of esters is 1. The standard InChI is InChI=1S/C13H19N3O5/c1-3-21-12(19)9-5-4-6-15(9)11(18)8-16-10(17)7-14(2)13(16)20/h9H,3-8H2,1-2H3. The van der Waals surface area contributed by atoms with Gasteiger partial charge in [-0.15, -0.1) is 0 Å². The van der Waals surface area contributed by atoms with E-state index in [-0.39, 0.29) is 19.7 Å². The Kier molecular flexibility index (Phi) is 4.44. The number of carbonyl (C=O) groups excluding carboxylic acids is 4. The lowest BCUT2D eigenvalue weighted by atomic mass is 10.2. The van der Waals surface area contributed by atoms with Gasteiger partial charge in [-0.3, -0.25) is 14.5 Å². The van der Waals surface area contributed by atoms with Crippen molar-refractivity contribution in [1.29, 1.82) is 0 Å². The van der Waals surface area contributed by atoms with Crippen molar-refractivity contribution in [3.63, 3.8) is 0 Å². The maximum absolute atomic E-state index is 12.3. The highest BCUT2D eigenvalue weighted by molar-refractivity contribution is 6.04. The minimum atomic E-state index is -0.608. The maximum Gasteiger partial charge on any atom is 0.328 e. The van der Waals surface area contributed by atoms with Crippen LogP contribution in [0.5, 0.6) is 0 Å². The van der Waals surface area contributed by atoms with Gasteiger partial charge in [0.2, 0.25) is 5.91 Å². The van der Waals surface area contributed by atoms with Gasteiger partial charge in [-0.05, 0) is 19.8 Å². The second kappa shape index (κ2) is 6.11. The van der Waals surface area contributed by atoms with Gasteiger partial charge in [0.05, 0.1) is 6.61 Å². The highest BCUT2D eigenvalue weighted by Crippen LogP contribution is 2.19. The van der Waals surface area contributed by atoms with Crippen LogP contribution in [0.3, 0.4) is 0 Å². The summed E-state index contributed by atoms with van der Waals surface area (Å²) in [7, 11) is 1.50. The number of ether oxygens (including phenoxy) is 1. The fourth-order valence-corrected chi connectivity index (χ4v) is 2.60. The van der Waals surface area contributed by atoms with E-state index in [1.807, 2.05) is 0 Å². The Labute approximate surface area is 122 Å². The predicted octanol–water partition coefficient (Wildman–Crippen LogP) is -0.565. The molecule has 8 heteroatoms. The number of amides is 4. The van der Waals surface area contributed by atoms with Crippen molar-refractivity contribution in [1.82, 2.24) is 14.7 Å². The molecule has 0 aromatic rings. The molecule has 1 atom stereocenters. The molecule has 21 heavy (non-hydrogen) atoms. The molecule has 2 heterocycles. The van der Waals surface area contributed by atoms with E-state index in [1.54, 1.807) is 6.92 Å². The van der Waals surface area contributed by atoms with E-state index in [9.17, 15) is 19.2 Å². The van der Waals surface area contributed by atoms with Gasteiger partial charge in [0.25, 0.3) is 5.91 Å². The first kappa shape index (κ1) is 15.3. The number of hydrogen-bond donors (Lipinski definition) is 0. The Hall–Kier alpha value is -2.12. The Morgan fingerprint density at radius 1 is 1.33 bits per heavy atom. The average Bonchev–Trinajstić information content (AvgIpc) is 3.00. The molecule has 0 saturated carbocycles. The van der Waals surface area contributed by atoms with E-state index in [1.165, 1.54) is 16.8 Å². The summed E-state index contributed by atoms with van der Waals surface area (Å²) in [5.74, 6) is -1.23. The van der Waals surface area contributed by atoms with E-state index < -0.39 is 29.9 Å². The van der Waals surface area contributed by atoms with Crippen LogP contribution in [0.25, 0.3) is 0 Å². The van der Waals surface area contributed by atoms with Crippen molar-refractivity contribution < 1.29 is 23.9 Å². The molecule has 2 aliphatic rings. The van der Waals surface area contributed by atoms with Crippen molar-refractivity contribution in [2.24, 2.45) is 0 Å². The molecule has 0 spiro atoms. The summed E-state index contributed by atoms with van der Waals surface area (Å²) >= 11 is 0. The third-order valence-corrected chi connectivity index (χ3v) is 3.66. The number of rotatable bonds is 4. The quantitative estimate of drug-likeness (QED) is 0.512. The molecule has 2 saturated heterocycles. The molecule has 0 aliphatic carbocycles. The first-order chi connectivity index (χ1) is 9.95. The number of imide groups is 1. The minimum Gasteiger partial charge on any atom is -0.464 e. The second-order valence-electron chi connectivity index (χ2n) is 5.12. The van der Waals surface area contributed by atoms with E-state index in [4.69, 9.17) is 4.74 Å². The van der Waals surface area contributed by atoms with Crippen molar-refractivity contribution >= 4 is 23.8 Å². The number of carbonyl (C=O) groups is 4. The van der Waals surface area contributed by atoms with Gasteiger partial charge in [-0.2, -0.15) is 0 Å². The van der Waals surface area contributed by atoms with Gasteiger partial charge in [-0.1, -0.05) is 0 Å². The molecule has 0 aromatic heterocycles. The summed E-state index contributed by atoms with van der Waals surface area (Å²) < 4.78 is 4.95. The van der Waals surface area contributed by atoms with Crippen molar-refractivity contribution in [2.45, 2.75) is 25.8 Å². The van der Waals surface area contributed by atoms with Gasteiger partial charge in [-0.25, -0.2) is 9.59 Å². The van der Waals surface area contributed by atoms with Crippen LogP contribution in [0, 0.1) is 0 Å². The summed E-state index contributed by atoms with van der Waals surface area (Å²) in [5, 5.41) is 0.